The Hall–Kier alpha value is -1.96. The summed E-state index contributed by atoms with van der Waals surface area (Å²) in [4.78, 5) is 18.2. The van der Waals surface area contributed by atoms with Gasteiger partial charge in [-0.3, -0.25) is 9.78 Å². The second-order valence-electron chi connectivity index (χ2n) is 3.73. The number of aromatic nitrogens is 2. The summed E-state index contributed by atoms with van der Waals surface area (Å²) in [6.07, 6.45) is -2.86. The zero-order chi connectivity index (χ0) is 14.0. The van der Waals surface area contributed by atoms with Crippen LogP contribution in [0.3, 0.4) is 0 Å². The van der Waals surface area contributed by atoms with Crippen molar-refractivity contribution in [2.75, 3.05) is 0 Å². The molecule has 2 heterocycles. The van der Waals surface area contributed by atoms with E-state index in [9.17, 15) is 18.0 Å². The molecule has 0 spiro atoms. The van der Waals surface area contributed by atoms with Crippen LogP contribution in [-0.2, 0) is 12.6 Å². The minimum absolute atomic E-state index is 0.0729. The van der Waals surface area contributed by atoms with E-state index < -0.39 is 17.1 Å². The van der Waals surface area contributed by atoms with Crippen molar-refractivity contribution in [1.29, 1.82) is 0 Å². The molecule has 0 fully saturated rings. The largest absolute Gasteiger partial charge is 0.443 e. The number of carbonyl (C=O) groups is 1. The van der Waals surface area contributed by atoms with E-state index in [1.165, 1.54) is 17.6 Å². The third-order valence-electron chi connectivity index (χ3n) is 2.26. The van der Waals surface area contributed by atoms with Crippen LogP contribution in [0.15, 0.2) is 23.7 Å². The predicted molar refractivity (Wildman–Crippen MR) is 62.7 cm³/mol. The van der Waals surface area contributed by atoms with Crippen LogP contribution in [-0.4, -0.2) is 15.9 Å². The first kappa shape index (κ1) is 13.5. The molecular weight excluding hydrogens is 279 g/mol. The Morgan fingerprint density at radius 1 is 1.42 bits per heavy atom. The highest BCUT2D eigenvalue weighted by atomic mass is 32.1. The Kier molecular flexibility index (Phi) is 3.52. The molecule has 0 radical (unpaired) electrons. The van der Waals surface area contributed by atoms with Crippen LogP contribution in [0.1, 0.15) is 26.8 Å². The first-order valence-electron chi connectivity index (χ1n) is 5.12. The Morgan fingerprint density at radius 3 is 2.74 bits per heavy atom. The SMILES string of the molecule is NC(=O)c1cc(Cc2csc(C(F)(F)F)n2)ccn1. The lowest BCUT2D eigenvalue weighted by molar-refractivity contribution is -0.137. The summed E-state index contributed by atoms with van der Waals surface area (Å²) in [5.41, 5.74) is 6.06. The van der Waals surface area contributed by atoms with Gasteiger partial charge in [-0.1, -0.05) is 0 Å². The zero-order valence-corrected chi connectivity index (χ0v) is 10.3. The van der Waals surface area contributed by atoms with Gasteiger partial charge in [-0.15, -0.1) is 11.3 Å². The normalized spacial score (nSPS) is 11.5. The fourth-order valence-corrected chi connectivity index (χ4v) is 2.13. The van der Waals surface area contributed by atoms with Crippen molar-refractivity contribution < 1.29 is 18.0 Å². The molecular formula is C11H8F3N3OS. The lowest BCUT2D eigenvalue weighted by Gasteiger charge is -2.01. The molecule has 0 aliphatic rings. The van der Waals surface area contributed by atoms with Gasteiger partial charge in [0.2, 0.25) is 0 Å². The smallest absolute Gasteiger partial charge is 0.364 e. The first-order chi connectivity index (χ1) is 8.86. The molecule has 0 aromatic carbocycles. The number of hydrogen-bond acceptors (Lipinski definition) is 4. The van der Waals surface area contributed by atoms with Gasteiger partial charge in [0.15, 0.2) is 5.01 Å². The second-order valence-corrected chi connectivity index (χ2v) is 4.59. The van der Waals surface area contributed by atoms with Crippen LogP contribution in [0.5, 0.6) is 0 Å². The highest BCUT2D eigenvalue weighted by molar-refractivity contribution is 7.09. The lowest BCUT2D eigenvalue weighted by Crippen LogP contribution is -2.13. The van der Waals surface area contributed by atoms with Gasteiger partial charge < -0.3 is 5.73 Å². The number of pyridine rings is 1. The van der Waals surface area contributed by atoms with E-state index in [2.05, 4.69) is 9.97 Å². The van der Waals surface area contributed by atoms with E-state index in [-0.39, 0.29) is 12.1 Å². The molecule has 2 N–H and O–H groups in total. The number of halogens is 3. The molecule has 0 saturated carbocycles. The van der Waals surface area contributed by atoms with Gasteiger partial charge in [-0.2, -0.15) is 13.2 Å². The molecule has 0 aliphatic carbocycles. The minimum atomic E-state index is -4.43. The van der Waals surface area contributed by atoms with E-state index in [0.717, 1.165) is 0 Å². The van der Waals surface area contributed by atoms with Gasteiger partial charge in [0.05, 0.1) is 5.69 Å². The van der Waals surface area contributed by atoms with Crippen LogP contribution in [0, 0.1) is 0 Å². The number of carbonyl (C=O) groups excluding carboxylic acids is 1. The van der Waals surface area contributed by atoms with Crippen molar-refractivity contribution >= 4 is 17.2 Å². The first-order valence-corrected chi connectivity index (χ1v) is 6.00. The summed E-state index contributed by atoms with van der Waals surface area (Å²) < 4.78 is 37.2. The van der Waals surface area contributed by atoms with E-state index in [4.69, 9.17) is 5.73 Å². The van der Waals surface area contributed by atoms with E-state index >= 15 is 0 Å². The highest BCUT2D eigenvalue weighted by Gasteiger charge is 2.34. The average molecular weight is 287 g/mol. The minimum Gasteiger partial charge on any atom is -0.364 e. The van der Waals surface area contributed by atoms with E-state index in [1.54, 1.807) is 6.07 Å². The maximum absolute atomic E-state index is 12.4. The van der Waals surface area contributed by atoms with Crippen LogP contribution >= 0.6 is 11.3 Å². The van der Waals surface area contributed by atoms with Crippen molar-refractivity contribution in [3.05, 3.63) is 45.7 Å². The fraction of sp³-hybridized carbons (Fsp3) is 0.182. The van der Waals surface area contributed by atoms with Crippen molar-refractivity contribution in [3.63, 3.8) is 0 Å². The van der Waals surface area contributed by atoms with Gasteiger partial charge in [-0.25, -0.2) is 4.98 Å². The maximum atomic E-state index is 12.4. The summed E-state index contributed by atoms with van der Waals surface area (Å²) >= 11 is 0.543. The number of rotatable bonds is 3. The van der Waals surface area contributed by atoms with Crippen LogP contribution in [0.2, 0.25) is 0 Å². The molecule has 0 atom stereocenters. The van der Waals surface area contributed by atoms with Crippen LogP contribution in [0.25, 0.3) is 0 Å². The highest BCUT2D eigenvalue weighted by Crippen LogP contribution is 2.32. The topological polar surface area (TPSA) is 68.9 Å². The molecule has 2 aromatic heterocycles. The number of hydrogen-bond donors (Lipinski definition) is 1. The Labute approximate surface area is 110 Å². The number of amides is 1. The van der Waals surface area contributed by atoms with Gasteiger partial charge in [-0.05, 0) is 17.7 Å². The van der Waals surface area contributed by atoms with Crippen molar-refractivity contribution in [3.8, 4) is 0 Å². The standard InChI is InChI=1S/C11H8F3N3OS/c12-11(13,14)10-17-7(5-19-10)3-6-1-2-16-8(4-6)9(15)18/h1-2,4-5H,3H2,(H2,15,18). The number of nitrogens with two attached hydrogens (primary N) is 1. The second kappa shape index (κ2) is 4.96. The van der Waals surface area contributed by atoms with Gasteiger partial charge in [0.1, 0.15) is 5.69 Å². The van der Waals surface area contributed by atoms with Gasteiger partial charge in [0.25, 0.3) is 5.91 Å². The lowest BCUT2D eigenvalue weighted by atomic mass is 10.1. The van der Waals surface area contributed by atoms with E-state index in [1.807, 2.05) is 0 Å². The predicted octanol–water partition coefficient (Wildman–Crippen LogP) is 2.25. The average Bonchev–Trinajstić information content (AvgIpc) is 2.77. The number of primary amides is 1. The molecule has 0 bridgehead atoms. The molecule has 0 unspecified atom stereocenters. The monoisotopic (exact) mass is 287 g/mol. The molecule has 8 heteroatoms. The maximum Gasteiger partial charge on any atom is 0.443 e. The molecule has 100 valence electrons. The summed E-state index contributed by atoms with van der Waals surface area (Å²) in [6, 6.07) is 3.04. The Bertz CT molecular complexity index is 609. The Balaban J connectivity index is 2.19. The summed E-state index contributed by atoms with van der Waals surface area (Å²) in [5, 5.41) is 0.458. The van der Waals surface area contributed by atoms with Crippen LogP contribution in [0.4, 0.5) is 13.2 Å². The molecule has 19 heavy (non-hydrogen) atoms. The molecule has 0 aliphatic heterocycles. The number of nitrogens with zero attached hydrogens (tertiary/aromatic N) is 2. The zero-order valence-electron chi connectivity index (χ0n) is 9.44. The van der Waals surface area contributed by atoms with Gasteiger partial charge >= 0.3 is 6.18 Å². The van der Waals surface area contributed by atoms with Gasteiger partial charge in [0, 0.05) is 18.0 Å². The summed E-state index contributed by atoms with van der Waals surface area (Å²) in [5.74, 6) is -0.684. The van der Waals surface area contributed by atoms with Crippen molar-refractivity contribution in [2.24, 2.45) is 5.73 Å². The third-order valence-corrected chi connectivity index (χ3v) is 3.19. The molecule has 2 rings (SSSR count). The third kappa shape index (κ3) is 3.28. The number of thiazole rings is 1. The quantitative estimate of drug-likeness (QED) is 0.941. The summed E-state index contributed by atoms with van der Waals surface area (Å²) in [6.45, 7) is 0. The Morgan fingerprint density at radius 2 is 2.16 bits per heavy atom. The van der Waals surface area contributed by atoms with Crippen molar-refractivity contribution in [1.82, 2.24) is 9.97 Å². The fourth-order valence-electron chi connectivity index (χ4n) is 1.45. The van der Waals surface area contributed by atoms with Crippen LogP contribution < -0.4 is 5.73 Å². The molecule has 0 saturated heterocycles. The molecule has 2 aromatic rings. The van der Waals surface area contributed by atoms with E-state index in [0.29, 0.717) is 22.6 Å². The molecule has 1 amide bonds. The number of alkyl halides is 3. The summed E-state index contributed by atoms with van der Waals surface area (Å²) in [7, 11) is 0. The van der Waals surface area contributed by atoms with Crippen molar-refractivity contribution in [2.45, 2.75) is 12.6 Å². The molecule has 4 nitrogen and oxygen atoms in total.